The van der Waals surface area contributed by atoms with Crippen LogP contribution in [-0.4, -0.2) is 48.0 Å². The van der Waals surface area contributed by atoms with Gasteiger partial charge in [-0.3, -0.25) is 24.8 Å². The minimum Gasteiger partial charge on any atom is -0.329 e. The number of rotatable bonds is 4. The fourth-order valence-electron chi connectivity index (χ4n) is 1.96. The molecular weight excluding hydrogens is 373 g/mol. The highest BCUT2D eigenvalue weighted by atomic mass is 32.2. The van der Waals surface area contributed by atoms with Gasteiger partial charge in [-0.2, -0.15) is 13.2 Å². The second-order valence-corrected chi connectivity index (χ2v) is 6.24. The van der Waals surface area contributed by atoms with Gasteiger partial charge in [-0.05, 0) is 19.1 Å². The highest BCUT2D eigenvalue weighted by Gasteiger charge is 2.29. The first-order chi connectivity index (χ1) is 12.2. The normalized spacial score (nSPS) is 14.2. The Balaban J connectivity index is 1.87. The van der Waals surface area contributed by atoms with Crippen molar-refractivity contribution in [2.45, 2.75) is 13.1 Å². The number of nitrogens with one attached hydrogen (secondary N) is 2. The Kier molecular flexibility index (Phi) is 6.24. The minimum absolute atomic E-state index is 0.0656. The molecule has 0 radical (unpaired) electrons. The molecule has 1 aromatic carbocycles. The van der Waals surface area contributed by atoms with Crippen LogP contribution in [0.25, 0.3) is 0 Å². The summed E-state index contributed by atoms with van der Waals surface area (Å²) < 4.78 is 36.0. The molecule has 0 unspecified atom stereocenters. The number of amidine groups is 1. The number of carbonyl (C=O) groups excluding carboxylic acids is 3. The van der Waals surface area contributed by atoms with Crippen molar-refractivity contribution >= 4 is 40.5 Å². The number of thioether (sulfide) groups is 1. The molecule has 0 saturated heterocycles. The molecule has 26 heavy (non-hydrogen) atoms. The van der Waals surface area contributed by atoms with Crippen LogP contribution in [0.5, 0.6) is 0 Å². The summed E-state index contributed by atoms with van der Waals surface area (Å²) >= 11 is 0.909. The van der Waals surface area contributed by atoms with Gasteiger partial charge >= 0.3 is 12.2 Å². The van der Waals surface area contributed by atoms with Gasteiger partial charge in [0.1, 0.15) is 13.1 Å². The molecule has 2 rings (SSSR count). The lowest BCUT2D eigenvalue weighted by Crippen LogP contribution is -2.44. The number of nitrogens with zero attached hydrogens (tertiary/aromatic N) is 2. The summed E-state index contributed by atoms with van der Waals surface area (Å²) in [6, 6.07) is 5.87. The van der Waals surface area contributed by atoms with Gasteiger partial charge in [-0.1, -0.05) is 29.5 Å². The number of alkyl halides is 3. The maximum Gasteiger partial charge on any atom is 0.405 e. The highest BCUT2D eigenvalue weighted by molar-refractivity contribution is 8.14. The van der Waals surface area contributed by atoms with E-state index in [9.17, 15) is 27.6 Å². The third-order valence-corrected chi connectivity index (χ3v) is 4.09. The van der Waals surface area contributed by atoms with E-state index in [1.165, 1.54) is 10.2 Å². The standard InChI is InChI=1S/C15H15F3N4O3S/c1-9-2-4-10(5-3-9)22-12(24)6-19-14(22)26-7-11(23)21-13(25)20-8-15(16,17)18/h2-5H,6-8H2,1H3,(H2,20,21,23,25). The first kappa shape index (κ1) is 19.8. The largest absolute Gasteiger partial charge is 0.405 e. The topological polar surface area (TPSA) is 90.9 Å². The molecule has 1 aliphatic heterocycles. The predicted octanol–water partition coefficient (Wildman–Crippen LogP) is 1.82. The van der Waals surface area contributed by atoms with Crippen LogP contribution < -0.4 is 15.5 Å². The second-order valence-electron chi connectivity index (χ2n) is 5.30. The summed E-state index contributed by atoms with van der Waals surface area (Å²) in [5.74, 6) is -1.35. The van der Waals surface area contributed by atoms with Crippen molar-refractivity contribution in [1.82, 2.24) is 10.6 Å². The molecule has 140 valence electrons. The molecule has 11 heteroatoms. The van der Waals surface area contributed by atoms with Crippen LogP contribution in [0.4, 0.5) is 23.7 Å². The smallest absolute Gasteiger partial charge is 0.329 e. The molecular formula is C15H15F3N4O3S. The zero-order valence-electron chi connectivity index (χ0n) is 13.6. The molecule has 0 spiro atoms. The van der Waals surface area contributed by atoms with E-state index in [4.69, 9.17) is 0 Å². The minimum atomic E-state index is -4.57. The quantitative estimate of drug-likeness (QED) is 0.823. The third-order valence-electron chi connectivity index (χ3n) is 3.12. The van der Waals surface area contributed by atoms with Gasteiger partial charge in [-0.15, -0.1) is 0 Å². The number of urea groups is 1. The number of anilines is 1. The molecule has 1 aliphatic rings. The summed E-state index contributed by atoms with van der Waals surface area (Å²) in [5, 5.41) is 3.59. The van der Waals surface area contributed by atoms with Crippen LogP contribution in [0.15, 0.2) is 29.3 Å². The van der Waals surface area contributed by atoms with E-state index in [0.717, 1.165) is 17.3 Å². The van der Waals surface area contributed by atoms with Crippen molar-refractivity contribution in [2.75, 3.05) is 23.7 Å². The Morgan fingerprint density at radius 3 is 2.54 bits per heavy atom. The zero-order chi connectivity index (χ0) is 19.3. The van der Waals surface area contributed by atoms with E-state index >= 15 is 0 Å². The molecule has 0 aliphatic carbocycles. The lowest BCUT2D eigenvalue weighted by molar-refractivity contribution is -0.124. The molecule has 0 fully saturated rings. The van der Waals surface area contributed by atoms with Crippen molar-refractivity contribution < 1.29 is 27.6 Å². The molecule has 1 aromatic rings. The van der Waals surface area contributed by atoms with Gasteiger partial charge in [0, 0.05) is 0 Å². The van der Waals surface area contributed by atoms with E-state index in [1.54, 1.807) is 17.4 Å². The van der Waals surface area contributed by atoms with Crippen LogP contribution in [0, 0.1) is 6.92 Å². The van der Waals surface area contributed by atoms with Gasteiger partial charge < -0.3 is 5.32 Å². The average Bonchev–Trinajstić information content (AvgIpc) is 2.92. The SMILES string of the molecule is Cc1ccc(N2C(=O)CN=C2SCC(=O)NC(=O)NCC(F)(F)F)cc1. The molecule has 2 N–H and O–H groups in total. The molecule has 0 saturated carbocycles. The summed E-state index contributed by atoms with van der Waals surface area (Å²) in [4.78, 5) is 40.3. The number of aliphatic imine (C=N–C) groups is 1. The summed E-state index contributed by atoms with van der Waals surface area (Å²) in [7, 11) is 0. The Bertz CT molecular complexity index is 735. The van der Waals surface area contributed by atoms with E-state index < -0.39 is 24.7 Å². The van der Waals surface area contributed by atoms with Crippen LogP contribution >= 0.6 is 11.8 Å². The zero-order valence-corrected chi connectivity index (χ0v) is 14.4. The van der Waals surface area contributed by atoms with Gasteiger partial charge in [-0.25, -0.2) is 4.79 Å². The molecule has 0 aromatic heterocycles. The molecule has 1 heterocycles. The summed E-state index contributed by atoms with van der Waals surface area (Å²) in [6.45, 7) is 0.291. The fourth-order valence-corrected chi connectivity index (χ4v) is 2.78. The predicted molar refractivity (Wildman–Crippen MR) is 91.0 cm³/mol. The Morgan fingerprint density at radius 1 is 1.27 bits per heavy atom. The van der Waals surface area contributed by atoms with E-state index in [2.05, 4.69) is 4.99 Å². The van der Waals surface area contributed by atoms with Gasteiger partial charge in [0.2, 0.25) is 5.91 Å². The van der Waals surface area contributed by atoms with E-state index in [0.29, 0.717) is 5.69 Å². The number of carbonyl (C=O) groups is 3. The Labute approximate surface area is 151 Å². The van der Waals surface area contributed by atoms with Gasteiger partial charge in [0.05, 0.1) is 11.4 Å². The van der Waals surface area contributed by atoms with Crippen molar-refractivity contribution in [1.29, 1.82) is 0 Å². The van der Waals surface area contributed by atoms with Crippen molar-refractivity contribution in [3.63, 3.8) is 0 Å². The lowest BCUT2D eigenvalue weighted by Gasteiger charge is -2.18. The summed E-state index contributed by atoms with van der Waals surface area (Å²) in [5.41, 5.74) is 1.60. The molecule has 4 amide bonds. The fraction of sp³-hybridized carbons (Fsp3) is 0.333. The lowest BCUT2D eigenvalue weighted by atomic mass is 10.2. The maximum atomic E-state index is 12.0. The van der Waals surface area contributed by atoms with Gasteiger partial charge in [0.25, 0.3) is 5.91 Å². The molecule has 0 atom stereocenters. The third kappa shape index (κ3) is 5.76. The van der Waals surface area contributed by atoms with Crippen molar-refractivity contribution in [3.05, 3.63) is 29.8 Å². The monoisotopic (exact) mass is 388 g/mol. The average molecular weight is 388 g/mol. The number of hydrogen-bond acceptors (Lipinski definition) is 5. The second kappa shape index (κ2) is 8.21. The van der Waals surface area contributed by atoms with Crippen molar-refractivity contribution in [2.24, 2.45) is 4.99 Å². The Morgan fingerprint density at radius 2 is 1.92 bits per heavy atom. The highest BCUT2D eigenvalue weighted by Crippen LogP contribution is 2.24. The molecule has 7 nitrogen and oxygen atoms in total. The number of imide groups is 1. The number of amides is 4. The van der Waals surface area contributed by atoms with E-state index in [-0.39, 0.29) is 23.4 Å². The van der Waals surface area contributed by atoms with E-state index in [1.807, 2.05) is 19.1 Å². The first-order valence-corrected chi connectivity index (χ1v) is 8.35. The van der Waals surface area contributed by atoms with Crippen LogP contribution in [0.3, 0.4) is 0 Å². The van der Waals surface area contributed by atoms with Crippen LogP contribution in [-0.2, 0) is 9.59 Å². The first-order valence-electron chi connectivity index (χ1n) is 7.37. The van der Waals surface area contributed by atoms with Crippen LogP contribution in [0.1, 0.15) is 5.56 Å². The number of benzene rings is 1. The van der Waals surface area contributed by atoms with Gasteiger partial charge in [0.15, 0.2) is 5.17 Å². The van der Waals surface area contributed by atoms with Crippen molar-refractivity contribution in [3.8, 4) is 0 Å². The number of aryl methyl sites for hydroxylation is 1. The number of halogens is 3. The van der Waals surface area contributed by atoms with Crippen LogP contribution in [0.2, 0.25) is 0 Å². The molecule has 0 bridgehead atoms. The summed E-state index contributed by atoms with van der Waals surface area (Å²) in [6.07, 6.45) is -4.57. The maximum absolute atomic E-state index is 12.0. The number of hydrogen-bond donors (Lipinski definition) is 2. The Hall–Kier alpha value is -2.56.